The summed E-state index contributed by atoms with van der Waals surface area (Å²) in [6.07, 6.45) is 0.451. The van der Waals surface area contributed by atoms with Gasteiger partial charge in [-0.3, -0.25) is 10.1 Å². The molecule has 4 rings (SSSR count). The predicted molar refractivity (Wildman–Crippen MR) is 123 cm³/mol. The molecule has 2 heterocycles. The van der Waals surface area contributed by atoms with Crippen molar-refractivity contribution in [2.24, 2.45) is 0 Å². The van der Waals surface area contributed by atoms with Crippen LogP contribution in [0.1, 0.15) is 24.8 Å². The van der Waals surface area contributed by atoms with E-state index in [1.807, 2.05) is 0 Å². The highest BCUT2D eigenvalue weighted by molar-refractivity contribution is 5.90. The molecular weight excluding hydrogens is 478 g/mol. The molecule has 9 nitrogen and oxygen atoms in total. The van der Waals surface area contributed by atoms with E-state index in [-0.39, 0.29) is 48.9 Å². The van der Waals surface area contributed by atoms with Gasteiger partial charge >= 0.3 is 17.7 Å². The number of fused-ring (bicyclic) bond motifs is 1. The summed E-state index contributed by atoms with van der Waals surface area (Å²) in [5.41, 5.74) is -0.0381. The Morgan fingerprint density at radius 1 is 1.06 bits per heavy atom. The Balaban J connectivity index is 1.38. The van der Waals surface area contributed by atoms with Crippen LogP contribution in [0.25, 0.3) is 22.3 Å². The Bertz CT molecular complexity index is 1460. The standard InChI is InChI=1S/C25H20F2N2O7/c1-2-33-25(32)29-15-6-7-16-14(10-23(31)36-19(16)11-15)13-34-22(30)9-8-21-28-12-20(35-21)24-17(26)4-3-5-18(24)27/h3-7,10-12H,2,8-9,13H2,1H3,(H,29,32). The summed E-state index contributed by atoms with van der Waals surface area (Å²) in [5.74, 6) is -2.17. The van der Waals surface area contributed by atoms with Gasteiger partial charge in [0, 0.05) is 35.2 Å². The van der Waals surface area contributed by atoms with Gasteiger partial charge in [0.2, 0.25) is 0 Å². The van der Waals surface area contributed by atoms with Crippen molar-refractivity contribution >= 4 is 28.7 Å². The normalized spacial score (nSPS) is 10.9. The molecule has 1 amide bonds. The van der Waals surface area contributed by atoms with Gasteiger partial charge in [0.1, 0.15) is 23.8 Å². The van der Waals surface area contributed by atoms with Crippen LogP contribution in [0.15, 0.2) is 62.3 Å². The fraction of sp³-hybridized carbons (Fsp3) is 0.200. The fourth-order valence-corrected chi connectivity index (χ4v) is 3.43. The second-order valence-corrected chi connectivity index (χ2v) is 7.52. The average molecular weight is 498 g/mol. The third kappa shape index (κ3) is 5.74. The Labute approximate surface area is 202 Å². The molecule has 186 valence electrons. The molecule has 0 aliphatic rings. The van der Waals surface area contributed by atoms with Crippen molar-refractivity contribution in [3.8, 4) is 11.3 Å². The first kappa shape index (κ1) is 24.6. The summed E-state index contributed by atoms with van der Waals surface area (Å²) in [6, 6.07) is 9.30. The Morgan fingerprint density at radius 2 is 1.83 bits per heavy atom. The minimum absolute atomic E-state index is 0.0372. The summed E-state index contributed by atoms with van der Waals surface area (Å²) in [5, 5.41) is 3.02. The third-order valence-corrected chi connectivity index (χ3v) is 5.05. The fourth-order valence-electron chi connectivity index (χ4n) is 3.43. The van der Waals surface area contributed by atoms with Crippen LogP contribution in [0.4, 0.5) is 19.3 Å². The first-order valence-corrected chi connectivity index (χ1v) is 10.9. The van der Waals surface area contributed by atoms with E-state index in [9.17, 15) is 23.2 Å². The topological polar surface area (TPSA) is 121 Å². The molecule has 0 saturated heterocycles. The highest BCUT2D eigenvalue weighted by Crippen LogP contribution is 2.27. The van der Waals surface area contributed by atoms with Crippen molar-refractivity contribution in [3.05, 3.63) is 82.2 Å². The molecule has 0 saturated carbocycles. The minimum atomic E-state index is -0.791. The van der Waals surface area contributed by atoms with Crippen LogP contribution in [0.5, 0.6) is 0 Å². The molecule has 0 bridgehead atoms. The average Bonchev–Trinajstić information content (AvgIpc) is 3.29. The van der Waals surface area contributed by atoms with E-state index in [1.54, 1.807) is 19.1 Å². The number of amides is 1. The van der Waals surface area contributed by atoms with Crippen LogP contribution in [-0.2, 0) is 27.3 Å². The lowest BCUT2D eigenvalue weighted by molar-refractivity contribution is -0.144. The Morgan fingerprint density at radius 3 is 2.58 bits per heavy atom. The highest BCUT2D eigenvalue weighted by atomic mass is 19.1. The lowest BCUT2D eigenvalue weighted by Gasteiger charge is -2.09. The number of benzene rings is 2. The molecule has 0 fully saturated rings. The number of ether oxygens (including phenoxy) is 2. The second kappa shape index (κ2) is 10.8. The first-order chi connectivity index (χ1) is 17.3. The number of nitrogens with one attached hydrogen (secondary N) is 1. The molecule has 2 aromatic heterocycles. The maximum atomic E-state index is 13.9. The number of carbonyl (C=O) groups excluding carboxylic acids is 2. The molecule has 0 aliphatic heterocycles. The van der Waals surface area contributed by atoms with E-state index < -0.39 is 29.3 Å². The van der Waals surface area contributed by atoms with Crippen LogP contribution in [0.3, 0.4) is 0 Å². The van der Waals surface area contributed by atoms with Gasteiger partial charge in [0.05, 0.1) is 24.8 Å². The number of oxazole rings is 1. The number of rotatable bonds is 8. The van der Waals surface area contributed by atoms with Crippen LogP contribution in [0.2, 0.25) is 0 Å². The maximum absolute atomic E-state index is 13.9. The zero-order valence-electron chi connectivity index (χ0n) is 19.0. The monoisotopic (exact) mass is 498 g/mol. The number of hydrogen-bond acceptors (Lipinski definition) is 8. The molecule has 0 spiro atoms. The third-order valence-electron chi connectivity index (χ3n) is 5.05. The van der Waals surface area contributed by atoms with Gasteiger partial charge in [-0.05, 0) is 31.2 Å². The van der Waals surface area contributed by atoms with Crippen molar-refractivity contribution < 1.29 is 36.7 Å². The van der Waals surface area contributed by atoms with E-state index in [0.29, 0.717) is 16.6 Å². The van der Waals surface area contributed by atoms with Gasteiger partial charge in [0.25, 0.3) is 0 Å². The quantitative estimate of drug-likeness (QED) is 0.267. The van der Waals surface area contributed by atoms with Crippen molar-refractivity contribution in [3.63, 3.8) is 0 Å². The van der Waals surface area contributed by atoms with Gasteiger partial charge in [-0.15, -0.1) is 0 Å². The Kier molecular flexibility index (Phi) is 7.38. The SMILES string of the molecule is CCOC(=O)Nc1ccc2c(COC(=O)CCc3ncc(-c4c(F)cccc4F)o3)cc(=O)oc2c1. The molecule has 11 heteroatoms. The number of aryl methyl sites for hydroxylation is 1. The van der Waals surface area contributed by atoms with E-state index in [1.165, 1.54) is 24.4 Å². The van der Waals surface area contributed by atoms with E-state index >= 15 is 0 Å². The molecule has 4 aromatic rings. The Hall–Kier alpha value is -4.54. The predicted octanol–water partition coefficient (Wildman–Crippen LogP) is 4.97. The number of halogens is 2. The lowest BCUT2D eigenvalue weighted by Crippen LogP contribution is -2.13. The molecule has 0 aliphatic carbocycles. The van der Waals surface area contributed by atoms with Crippen molar-refractivity contribution in [1.29, 1.82) is 0 Å². The highest BCUT2D eigenvalue weighted by Gasteiger charge is 2.17. The summed E-state index contributed by atoms with van der Waals surface area (Å²) in [4.78, 5) is 39.8. The summed E-state index contributed by atoms with van der Waals surface area (Å²) < 4.78 is 48.5. The molecule has 1 N–H and O–H groups in total. The number of nitrogens with zero attached hydrogens (tertiary/aromatic N) is 1. The minimum Gasteiger partial charge on any atom is -0.461 e. The molecule has 0 atom stereocenters. The summed E-state index contributed by atoms with van der Waals surface area (Å²) >= 11 is 0. The number of carbonyl (C=O) groups is 2. The number of hydrogen-bond donors (Lipinski definition) is 1. The van der Waals surface area contributed by atoms with Gasteiger partial charge < -0.3 is 18.3 Å². The zero-order chi connectivity index (χ0) is 25.7. The van der Waals surface area contributed by atoms with Crippen molar-refractivity contribution in [2.75, 3.05) is 11.9 Å². The summed E-state index contributed by atoms with van der Waals surface area (Å²) in [7, 11) is 0. The van der Waals surface area contributed by atoms with Crippen molar-refractivity contribution in [1.82, 2.24) is 4.98 Å². The number of anilines is 1. The van der Waals surface area contributed by atoms with Gasteiger partial charge in [-0.25, -0.2) is 23.4 Å². The van der Waals surface area contributed by atoms with Gasteiger partial charge in [0.15, 0.2) is 11.7 Å². The number of aromatic nitrogens is 1. The van der Waals surface area contributed by atoms with E-state index in [0.717, 1.165) is 12.1 Å². The van der Waals surface area contributed by atoms with Crippen LogP contribution >= 0.6 is 0 Å². The second-order valence-electron chi connectivity index (χ2n) is 7.52. The van der Waals surface area contributed by atoms with E-state index in [2.05, 4.69) is 10.3 Å². The molecule has 36 heavy (non-hydrogen) atoms. The molecule has 0 radical (unpaired) electrons. The lowest BCUT2D eigenvalue weighted by atomic mass is 10.1. The molecule has 2 aromatic carbocycles. The van der Waals surface area contributed by atoms with Gasteiger partial charge in [-0.1, -0.05) is 6.07 Å². The zero-order valence-corrected chi connectivity index (χ0v) is 19.0. The van der Waals surface area contributed by atoms with Crippen LogP contribution in [0, 0.1) is 11.6 Å². The summed E-state index contributed by atoms with van der Waals surface area (Å²) in [6.45, 7) is 1.66. The first-order valence-electron chi connectivity index (χ1n) is 10.9. The largest absolute Gasteiger partial charge is 0.461 e. The number of esters is 1. The smallest absolute Gasteiger partial charge is 0.411 e. The van der Waals surface area contributed by atoms with Crippen LogP contribution in [-0.4, -0.2) is 23.7 Å². The van der Waals surface area contributed by atoms with Crippen molar-refractivity contribution in [2.45, 2.75) is 26.4 Å². The maximum Gasteiger partial charge on any atom is 0.411 e. The molecular formula is C25H20F2N2O7. The van der Waals surface area contributed by atoms with Crippen LogP contribution < -0.4 is 10.9 Å². The molecule has 0 unspecified atom stereocenters. The van der Waals surface area contributed by atoms with Gasteiger partial charge in [-0.2, -0.15) is 0 Å². The van der Waals surface area contributed by atoms with E-state index in [4.69, 9.17) is 18.3 Å².